The van der Waals surface area contributed by atoms with Gasteiger partial charge < -0.3 is 11.1 Å². The van der Waals surface area contributed by atoms with Crippen molar-refractivity contribution in [2.45, 2.75) is 52.0 Å². The van der Waals surface area contributed by atoms with E-state index in [-0.39, 0.29) is 17.4 Å². The molecule has 0 aromatic heterocycles. The monoisotopic (exact) mass is 276 g/mol. The Morgan fingerprint density at radius 1 is 1.30 bits per heavy atom. The van der Waals surface area contributed by atoms with Gasteiger partial charge in [-0.25, -0.2) is 0 Å². The molecule has 3 heteroatoms. The topological polar surface area (TPSA) is 55.1 Å². The van der Waals surface area contributed by atoms with E-state index in [1.54, 1.807) is 0 Å². The van der Waals surface area contributed by atoms with Crippen molar-refractivity contribution in [3.63, 3.8) is 0 Å². The lowest BCUT2D eigenvalue weighted by Gasteiger charge is -2.28. The molecule has 3 nitrogen and oxygen atoms in total. The fourth-order valence-electron chi connectivity index (χ4n) is 2.30. The highest BCUT2D eigenvalue weighted by atomic mass is 16.2. The van der Waals surface area contributed by atoms with Crippen molar-refractivity contribution in [3.8, 4) is 0 Å². The SMILES string of the molecule is CCCC(CN)C(=O)NC(C)(C)CCc1ccccc1. The normalized spacial score (nSPS) is 13.0. The van der Waals surface area contributed by atoms with Crippen molar-refractivity contribution in [3.05, 3.63) is 35.9 Å². The van der Waals surface area contributed by atoms with Gasteiger partial charge in [0.25, 0.3) is 0 Å². The summed E-state index contributed by atoms with van der Waals surface area (Å²) in [5, 5.41) is 3.14. The van der Waals surface area contributed by atoms with Gasteiger partial charge in [-0.3, -0.25) is 4.79 Å². The molecular formula is C17H28N2O. The summed E-state index contributed by atoms with van der Waals surface area (Å²) >= 11 is 0. The first-order valence-corrected chi connectivity index (χ1v) is 7.54. The summed E-state index contributed by atoms with van der Waals surface area (Å²) in [4.78, 5) is 12.2. The zero-order valence-electron chi connectivity index (χ0n) is 13.0. The number of nitrogens with two attached hydrogens (primary N) is 1. The molecule has 3 N–H and O–H groups in total. The Kier molecular flexibility index (Phi) is 6.73. The predicted molar refractivity (Wildman–Crippen MR) is 84.4 cm³/mol. The summed E-state index contributed by atoms with van der Waals surface area (Å²) in [5.74, 6) is 0.0309. The van der Waals surface area contributed by atoms with Gasteiger partial charge >= 0.3 is 0 Å². The number of carbonyl (C=O) groups excluding carboxylic acids is 1. The number of rotatable bonds is 8. The Labute approximate surface area is 122 Å². The van der Waals surface area contributed by atoms with Crippen LogP contribution in [0.15, 0.2) is 30.3 Å². The molecule has 0 fully saturated rings. The predicted octanol–water partition coefficient (Wildman–Crippen LogP) is 2.89. The Balaban J connectivity index is 2.49. The number of benzene rings is 1. The molecule has 0 radical (unpaired) electrons. The molecule has 1 atom stereocenters. The van der Waals surface area contributed by atoms with Crippen molar-refractivity contribution >= 4 is 5.91 Å². The van der Waals surface area contributed by atoms with Gasteiger partial charge in [-0.1, -0.05) is 43.7 Å². The van der Waals surface area contributed by atoms with E-state index in [2.05, 4.69) is 38.2 Å². The van der Waals surface area contributed by atoms with Crippen LogP contribution in [0, 0.1) is 5.92 Å². The van der Waals surface area contributed by atoms with Crippen LogP contribution in [-0.2, 0) is 11.2 Å². The van der Waals surface area contributed by atoms with Gasteiger partial charge in [-0.05, 0) is 38.7 Å². The quantitative estimate of drug-likeness (QED) is 0.767. The van der Waals surface area contributed by atoms with Crippen LogP contribution in [0.4, 0.5) is 0 Å². The fraction of sp³-hybridized carbons (Fsp3) is 0.588. The minimum atomic E-state index is -0.200. The van der Waals surface area contributed by atoms with Crippen LogP contribution in [0.2, 0.25) is 0 Å². The average Bonchev–Trinajstić information content (AvgIpc) is 2.43. The standard InChI is InChI=1S/C17H28N2O/c1-4-8-15(13-18)16(20)19-17(2,3)12-11-14-9-6-5-7-10-14/h5-7,9-10,15H,4,8,11-13,18H2,1-3H3,(H,19,20). The van der Waals surface area contributed by atoms with Crippen LogP contribution in [0.5, 0.6) is 0 Å². The zero-order chi connectivity index (χ0) is 15.0. The number of nitrogens with one attached hydrogen (secondary N) is 1. The van der Waals surface area contributed by atoms with Crippen molar-refractivity contribution < 1.29 is 4.79 Å². The molecule has 0 aliphatic carbocycles. The molecule has 1 rings (SSSR count). The Morgan fingerprint density at radius 2 is 1.95 bits per heavy atom. The minimum absolute atomic E-state index is 0.0593. The van der Waals surface area contributed by atoms with E-state index in [0.717, 1.165) is 25.7 Å². The third kappa shape index (κ3) is 5.74. The van der Waals surface area contributed by atoms with Gasteiger partial charge in [0.15, 0.2) is 0 Å². The maximum absolute atomic E-state index is 12.2. The maximum Gasteiger partial charge on any atom is 0.224 e. The van der Waals surface area contributed by atoms with Crippen molar-refractivity contribution in [2.24, 2.45) is 11.7 Å². The van der Waals surface area contributed by atoms with Gasteiger partial charge in [0.2, 0.25) is 5.91 Å². The van der Waals surface area contributed by atoms with Gasteiger partial charge in [0, 0.05) is 12.1 Å². The van der Waals surface area contributed by atoms with Crippen LogP contribution in [0.25, 0.3) is 0 Å². The van der Waals surface area contributed by atoms with Crippen LogP contribution in [-0.4, -0.2) is 18.0 Å². The van der Waals surface area contributed by atoms with Crippen molar-refractivity contribution in [2.75, 3.05) is 6.54 Å². The number of amides is 1. The average molecular weight is 276 g/mol. The van der Waals surface area contributed by atoms with E-state index in [9.17, 15) is 4.79 Å². The molecule has 0 bridgehead atoms. The summed E-state index contributed by atoms with van der Waals surface area (Å²) in [6.45, 7) is 6.66. The number of aryl methyl sites for hydroxylation is 1. The lowest BCUT2D eigenvalue weighted by molar-refractivity contribution is -0.126. The van der Waals surface area contributed by atoms with E-state index < -0.39 is 0 Å². The first kappa shape index (κ1) is 16.7. The van der Waals surface area contributed by atoms with Gasteiger partial charge in [-0.15, -0.1) is 0 Å². The van der Waals surface area contributed by atoms with Crippen LogP contribution < -0.4 is 11.1 Å². The molecule has 0 heterocycles. The lowest BCUT2D eigenvalue weighted by atomic mass is 9.93. The van der Waals surface area contributed by atoms with Crippen LogP contribution in [0.1, 0.15) is 45.6 Å². The molecule has 1 amide bonds. The van der Waals surface area contributed by atoms with Gasteiger partial charge in [0.05, 0.1) is 5.92 Å². The number of hydrogen-bond acceptors (Lipinski definition) is 2. The second-order valence-electron chi connectivity index (χ2n) is 6.08. The third-order valence-corrected chi connectivity index (χ3v) is 3.64. The second kappa shape index (κ2) is 8.05. The molecule has 0 spiro atoms. The van der Waals surface area contributed by atoms with Gasteiger partial charge in [-0.2, -0.15) is 0 Å². The van der Waals surface area contributed by atoms with E-state index >= 15 is 0 Å². The first-order valence-electron chi connectivity index (χ1n) is 7.54. The molecule has 112 valence electrons. The van der Waals surface area contributed by atoms with E-state index in [1.165, 1.54) is 5.56 Å². The lowest BCUT2D eigenvalue weighted by Crippen LogP contribution is -2.47. The molecular weight excluding hydrogens is 248 g/mol. The number of carbonyl (C=O) groups is 1. The van der Waals surface area contributed by atoms with E-state index in [4.69, 9.17) is 5.73 Å². The van der Waals surface area contributed by atoms with Crippen LogP contribution in [0.3, 0.4) is 0 Å². The van der Waals surface area contributed by atoms with Crippen molar-refractivity contribution in [1.82, 2.24) is 5.32 Å². The summed E-state index contributed by atoms with van der Waals surface area (Å²) in [6, 6.07) is 10.4. The largest absolute Gasteiger partial charge is 0.351 e. The molecule has 0 saturated heterocycles. The molecule has 0 saturated carbocycles. The highest BCUT2D eigenvalue weighted by Crippen LogP contribution is 2.15. The highest BCUT2D eigenvalue weighted by Gasteiger charge is 2.24. The van der Waals surface area contributed by atoms with E-state index in [0.29, 0.717) is 6.54 Å². The Morgan fingerprint density at radius 3 is 2.50 bits per heavy atom. The van der Waals surface area contributed by atoms with Crippen molar-refractivity contribution in [1.29, 1.82) is 0 Å². The van der Waals surface area contributed by atoms with Crippen LogP contribution >= 0.6 is 0 Å². The highest BCUT2D eigenvalue weighted by molar-refractivity contribution is 5.79. The third-order valence-electron chi connectivity index (χ3n) is 3.64. The summed E-state index contributed by atoms with van der Waals surface area (Å²) in [6.07, 6.45) is 3.73. The zero-order valence-corrected chi connectivity index (χ0v) is 13.0. The fourth-order valence-corrected chi connectivity index (χ4v) is 2.30. The van der Waals surface area contributed by atoms with Gasteiger partial charge in [0.1, 0.15) is 0 Å². The Hall–Kier alpha value is -1.35. The molecule has 20 heavy (non-hydrogen) atoms. The Bertz CT molecular complexity index is 401. The first-order chi connectivity index (χ1) is 9.48. The number of hydrogen-bond donors (Lipinski definition) is 2. The molecule has 1 aromatic carbocycles. The smallest absolute Gasteiger partial charge is 0.224 e. The van der Waals surface area contributed by atoms with E-state index in [1.807, 2.05) is 18.2 Å². The molecule has 0 aliphatic rings. The summed E-state index contributed by atoms with van der Waals surface area (Å²) < 4.78 is 0. The minimum Gasteiger partial charge on any atom is -0.351 e. The maximum atomic E-state index is 12.2. The molecule has 1 aromatic rings. The summed E-state index contributed by atoms with van der Waals surface area (Å²) in [5.41, 5.74) is 6.79. The summed E-state index contributed by atoms with van der Waals surface area (Å²) in [7, 11) is 0. The molecule has 0 aliphatic heterocycles. The second-order valence-corrected chi connectivity index (χ2v) is 6.08. The molecule has 1 unspecified atom stereocenters.